The molecule has 0 aliphatic heterocycles. The van der Waals surface area contributed by atoms with E-state index in [1.165, 1.54) is 26.5 Å². The van der Waals surface area contributed by atoms with Crippen molar-refractivity contribution < 1.29 is 46.7 Å². The molecule has 0 aliphatic carbocycles. The summed E-state index contributed by atoms with van der Waals surface area (Å²) >= 11 is 0. The number of nitrogen functional groups attached to an aromatic ring is 2. The number of para-hydroxylation sites is 1. The number of nitrogens with one attached hydrogen (secondary N) is 2. The summed E-state index contributed by atoms with van der Waals surface area (Å²) in [7, 11) is -7.77. The van der Waals surface area contributed by atoms with E-state index >= 15 is 0 Å². The van der Waals surface area contributed by atoms with E-state index in [9.17, 15) is 18.7 Å². The van der Waals surface area contributed by atoms with Crippen LogP contribution in [0.1, 0.15) is 47.1 Å². The van der Waals surface area contributed by atoms with Gasteiger partial charge in [-0.05, 0) is 71.4 Å². The Labute approximate surface area is 375 Å². The van der Waals surface area contributed by atoms with E-state index in [0.29, 0.717) is 47.6 Å². The number of rotatable bonds is 24. The first-order chi connectivity index (χ1) is 31.0. The average Bonchev–Trinajstić information content (AvgIpc) is 3.88. The predicted molar refractivity (Wildman–Crippen MR) is 241 cm³/mol. The summed E-state index contributed by atoms with van der Waals surface area (Å²) in [4.78, 5) is 50.9. The first-order valence-corrected chi connectivity index (χ1v) is 24.4. The van der Waals surface area contributed by atoms with Crippen molar-refractivity contribution in [1.82, 2.24) is 49.2 Å². The molecule has 0 fully saturated rings. The molecular weight excluding hydrogens is 882 g/mol. The number of aromatic nitrogens is 8. The molecule has 6 aromatic rings. The van der Waals surface area contributed by atoms with Gasteiger partial charge in [-0.3, -0.25) is 18.7 Å². The molecule has 4 heterocycles. The summed E-state index contributed by atoms with van der Waals surface area (Å²) in [6.45, 7) is 10.7. The molecule has 22 nitrogen and oxygen atoms in total. The van der Waals surface area contributed by atoms with Crippen molar-refractivity contribution in [3.63, 3.8) is 0 Å². The Morgan fingerprint density at radius 2 is 1.12 bits per heavy atom. The summed E-state index contributed by atoms with van der Waals surface area (Å²) in [5.41, 5.74) is 14.6. The minimum atomic E-state index is -3.90. The van der Waals surface area contributed by atoms with Gasteiger partial charge in [0.15, 0.2) is 22.9 Å². The summed E-state index contributed by atoms with van der Waals surface area (Å²) in [5, 5.41) is 5.61. The number of esters is 2. The monoisotopic (exact) mass is 936 g/mol. The quantitative estimate of drug-likeness (QED) is 0.0454. The van der Waals surface area contributed by atoms with Gasteiger partial charge >= 0.3 is 27.0 Å². The largest absolute Gasteiger partial charge is 0.465 e. The van der Waals surface area contributed by atoms with Gasteiger partial charge in [-0.2, -0.15) is 0 Å². The minimum absolute atomic E-state index is 0.138. The van der Waals surface area contributed by atoms with Crippen LogP contribution in [0.2, 0.25) is 0 Å². The van der Waals surface area contributed by atoms with E-state index in [-0.39, 0.29) is 30.3 Å². The minimum Gasteiger partial charge on any atom is -0.465 e. The van der Waals surface area contributed by atoms with Crippen molar-refractivity contribution in [3.8, 4) is 11.5 Å². The summed E-state index contributed by atoms with van der Waals surface area (Å²) in [6.07, 6.45) is 3.75. The number of fused-ring (bicyclic) bond motifs is 2. The summed E-state index contributed by atoms with van der Waals surface area (Å²) in [5.74, 6) is -0.231. The number of ether oxygens (including phenoxy) is 4. The first-order valence-electron chi connectivity index (χ1n) is 20.7. The molecule has 0 amide bonds. The van der Waals surface area contributed by atoms with E-state index in [2.05, 4.69) is 40.1 Å². The highest BCUT2D eigenvalue weighted by Crippen LogP contribution is 2.45. The second kappa shape index (κ2) is 21.8. The zero-order valence-corrected chi connectivity index (χ0v) is 38.6. The number of hydrogen-bond acceptors (Lipinski definition) is 18. The van der Waals surface area contributed by atoms with Crippen molar-refractivity contribution in [2.24, 2.45) is 0 Å². The molecule has 0 saturated heterocycles. The molecule has 0 radical (unpaired) electrons. The molecule has 3 unspecified atom stereocenters. The Morgan fingerprint density at radius 1 is 0.646 bits per heavy atom. The van der Waals surface area contributed by atoms with E-state index in [0.717, 1.165) is 5.56 Å². The maximum Gasteiger partial charge on any atom is 0.342 e. The number of nitrogens with zero attached hydrogens (tertiary/aromatic N) is 8. The van der Waals surface area contributed by atoms with E-state index in [4.69, 9.17) is 39.5 Å². The molecule has 0 saturated carbocycles. The number of carbonyl (C=O) groups is 2. The number of benzene rings is 2. The molecule has 65 heavy (non-hydrogen) atoms. The zero-order chi connectivity index (χ0) is 46.7. The van der Waals surface area contributed by atoms with Gasteiger partial charge in [0.25, 0.3) is 0 Å². The highest BCUT2D eigenvalue weighted by atomic mass is 31.2. The Balaban J connectivity index is 1.04. The molecule has 0 bridgehead atoms. The third-order valence-corrected chi connectivity index (χ3v) is 13.2. The van der Waals surface area contributed by atoms with Gasteiger partial charge in [0, 0.05) is 6.42 Å². The van der Waals surface area contributed by atoms with Gasteiger partial charge in [-0.15, -0.1) is 0 Å². The standard InChI is InChI=1S/C41H54N12O10P2/c1-7-58-40(54)29(5)50-64(56,24-59-27(3)18-52-22-48-34-36(42)44-20-46-38(34)52)63-33-15-13-31(14-16-33)17-26(2)61-41(55)30(6)51-65(57,62-32-11-9-8-10-12-32)25-60-28(4)19-53-23-49-35-37(43)45-21-47-39(35)53/h8-16,20-23,26-30H,7,17-19,24-25H2,1-6H3,(H,50,56)(H,51,57)(H2,42,44,46)(H2,43,45,47)/t26?,27-,28?,29+,30+,64-,65?/m1/s1. The molecular formula is C41H54N12O10P2. The molecule has 2 aromatic carbocycles. The van der Waals surface area contributed by atoms with Crippen LogP contribution in [0.4, 0.5) is 11.6 Å². The molecule has 0 spiro atoms. The fraction of sp³-hybridized carbons (Fsp3) is 0.415. The van der Waals surface area contributed by atoms with Crippen LogP contribution in [0.25, 0.3) is 22.3 Å². The Hall–Kier alpha value is -6.02. The highest BCUT2D eigenvalue weighted by molar-refractivity contribution is 7.57. The van der Waals surface area contributed by atoms with E-state index in [1.807, 2.05) is 0 Å². The maximum absolute atomic E-state index is 14.3. The van der Waals surface area contributed by atoms with Crippen LogP contribution >= 0.6 is 15.0 Å². The van der Waals surface area contributed by atoms with Crippen LogP contribution < -0.4 is 30.7 Å². The SMILES string of the molecule is CCOC(=O)[C@H](C)N[P@@](=O)(CO[C@H](C)Cn1cnc2c(N)ncnc21)Oc1ccc(CC(C)OC(=O)[C@H](C)NP(=O)(COC(C)Cn2cnc3c(N)ncnc32)Oc2ccccc2)cc1. The lowest BCUT2D eigenvalue weighted by molar-refractivity contribution is -0.149. The van der Waals surface area contributed by atoms with Crippen LogP contribution in [0, 0.1) is 0 Å². The van der Waals surface area contributed by atoms with Gasteiger partial charge in [-0.25, -0.2) is 40.1 Å². The van der Waals surface area contributed by atoms with Crippen molar-refractivity contribution in [1.29, 1.82) is 0 Å². The van der Waals surface area contributed by atoms with Crippen molar-refractivity contribution >= 4 is 60.9 Å². The second-order valence-electron chi connectivity index (χ2n) is 15.3. The predicted octanol–water partition coefficient (Wildman–Crippen LogP) is 5.09. The fourth-order valence-electron chi connectivity index (χ4n) is 6.50. The van der Waals surface area contributed by atoms with Crippen molar-refractivity contribution in [2.75, 3.05) is 30.8 Å². The van der Waals surface area contributed by atoms with Gasteiger partial charge in [0.2, 0.25) is 0 Å². The molecule has 0 aliphatic rings. The Bertz CT molecular complexity index is 2630. The number of nitrogens with two attached hydrogens (primary N) is 2. The van der Waals surface area contributed by atoms with E-state index in [1.54, 1.807) is 104 Å². The van der Waals surface area contributed by atoms with Gasteiger partial charge < -0.3 is 48.6 Å². The van der Waals surface area contributed by atoms with Crippen LogP contribution in [0.15, 0.2) is 79.9 Å². The van der Waals surface area contributed by atoms with E-state index < -0.39 is 63.7 Å². The normalized spacial score (nSPS) is 15.8. The second-order valence-corrected chi connectivity index (χ2v) is 19.4. The molecule has 348 valence electrons. The number of anilines is 2. The maximum atomic E-state index is 14.3. The van der Waals surface area contributed by atoms with Crippen LogP contribution in [0.3, 0.4) is 0 Å². The van der Waals surface area contributed by atoms with Crippen LogP contribution in [0.5, 0.6) is 11.5 Å². The average molecular weight is 937 g/mol. The Kier molecular flexibility index (Phi) is 16.2. The lowest BCUT2D eigenvalue weighted by atomic mass is 10.1. The number of carbonyl (C=O) groups excluding carboxylic acids is 2. The van der Waals surface area contributed by atoms with Crippen LogP contribution in [-0.4, -0.2) is 101 Å². The smallest absolute Gasteiger partial charge is 0.342 e. The topological polar surface area (TPSA) is 287 Å². The third kappa shape index (κ3) is 13.3. The fourth-order valence-corrected chi connectivity index (χ4v) is 10.1. The molecule has 24 heteroatoms. The summed E-state index contributed by atoms with van der Waals surface area (Å²) in [6, 6.07) is 13.2. The molecule has 6 rings (SSSR count). The van der Waals surface area contributed by atoms with Gasteiger partial charge in [-0.1, -0.05) is 30.3 Å². The van der Waals surface area contributed by atoms with Gasteiger partial charge in [0.05, 0.1) is 44.6 Å². The highest BCUT2D eigenvalue weighted by Gasteiger charge is 2.34. The number of imidazole rings is 2. The van der Waals surface area contributed by atoms with Crippen molar-refractivity contribution in [2.45, 2.75) is 91.4 Å². The molecule has 7 atom stereocenters. The zero-order valence-electron chi connectivity index (χ0n) is 36.8. The van der Waals surface area contributed by atoms with Crippen molar-refractivity contribution in [3.05, 3.63) is 85.5 Å². The molecule has 6 N–H and O–H groups in total. The summed E-state index contributed by atoms with van der Waals surface area (Å²) < 4.78 is 66.9. The number of hydrogen-bond donors (Lipinski definition) is 4. The third-order valence-electron chi connectivity index (χ3n) is 9.61. The lowest BCUT2D eigenvalue weighted by Crippen LogP contribution is -2.37. The van der Waals surface area contributed by atoms with Gasteiger partial charge in [0.1, 0.15) is 66.1 Å². The van der Waals surface area contributed by atoms with Crippen LogP contribution in [-0.2, 0) is 57.2 Å². The Morgan fingerprint density at radius 3 is 1.62 bits per heavy atom. The lowest BCUT2D eigenvalue weighted by Gasteiger charge is -2.26. The first kappa shape index (κ1) is 48.4. The molecule has 4 aromatic heterocycles.